The van der Waals surface area contributed by atoms with Crippen LogP contribution in [-0.2, 0) is 0 Å². The fourth-order valence-corrected chi connectivity index (χ4v) is 1.97. The molecule has 10 heavy (non-hydrogen) atoms. The van der Waals surface area contributed by atoms with Gasteiger partial charge in [-0.15, -0.1) is 0 Å². The molecule has 1 rings (SSSR count). The number of halogens is 1. The van der Waals surface area contributed by atoms with Gasteiger partial charge in [0, 0.05) is 0 Å². The molecule has 0 fully saturated rings. The summed E-state index contributed by atoms with van der Waals surface area (Å²) in [7, 11) is 0. The van der Waals surface area contributed by atoms with Crippen LogP contribution in [0.1, 0.15) is 11.1 Å². The van der Waals surface area contributed by atoms with Crippen LogP contribution in [0.15, 0.2) is 12.1 Å². The van der Waals surface area contributed by atoms with Gasteiger partial charge in [0.25, 0.3) is 0 Å². The van der Waals surface area contributed by atoms with Crippen LogP contribution in [0.2, 0.25) is 5.02 Å². The number of aryl methyl sites for hydroxylation is 2. The Morgan fingerprint density at radius 1 is 1.20 bits per heavy atom. The molecule has 0 aliphatic carbocycles. The Labute approximate surface area is 79.7 Å². The third-order valence-electron chi connectivity index (χ3n) is 1.55. The summed E-state index contributed by atoms with van der Waals surface area (Å²) in [5, 5.41) is 0.885. The second-order valence-electron chi connectivity index (χ2n) is 2.46. The first kappa shape index (κ1) is 8.41. The van der Waals surface area contributed by atoms with Crippen molar-refractivity contribution in [2.45, 2.75) is 13.8 Å². The minimum absolute atomic E-state index is 0.885. The molecule has 2 radical (unpaired) electrons. The summed E-state index contributed by atoms with van der Waals surface area (Å²) in [5.74, 6) is 0. The molecule has 0 amide bonds. The monoisotopic (exact) mass is 260 g/mol. The van der Waals surface area contributed by atoms with Crippen molar-refractivity contribution in [2.75, 3.05) is 0 Å². The van der Waals surface area contributed by atoms with E-state index in [1.54, 1.807) is 0 Å². The van der Waals surface area contributed by atoms with E-state index < -0.39 is 0 Å². The molecule has 52 valence electrons. The standard InChI is InChI=1S/C8H8Cl.Sn.H/c1-6-3-4-7(2)8(9)5-6;;/h4-5H,1-2H3;;. The molecule has 0 atom stereocenters. The topological polar surface area (TPSA) is 0 Å². The zero-order valence-corrected chi connectivity index (χ0v) is 10.2. The van der Waals surface area contributed by atoms with Crippen LogP contribution < -0.4 is 3.58 Å². The number of rotatable bonds is 0. The van der Waals surface area contributed by atoms with Gasteiger partial charge in [-0.25, -0.2) is 0 Å². The Hall–Kier alpha value is 0.309. The van der Waals surface area contributed by atoms with Gasteiger partial charge in [0.15, 0.2) is 0 Å². The molecule has 0 nitrogen and oxygen atoms in total. The summed E-state index contributed by atoms with van der Waals surface area (Å²) < 4.78 is 1.44. The molecule has 2 heteroatoms. The fourth-order valence-electron chi connectivity index (χ4n) is 0.803. The molecule has 0 bridgehead atoms. The molecule has 0 aromatic heterocycles. The van der Waals surface area contributed by atoms with Crippen molar-refractivity contribution in [3.63, 3.8) is 0 Å². The Kier molecular flexibility index (Phi) is 2.64. The third-order valence-corrected chi connectivity index (χ3v) is 3.73. The average molecular weight is 259 g/mol. The van der Waals surface area contributed by atoms with Gasteiger partial charge >= 0.3 is 79.8 Å². The first-order chi connectivity index (χ1) is 4.61. The predicted octanol–water partition coefficient (Wildman–Crippen LogP) is 1.48. The van der Waals surface area contributed by atoms with Crippen LogP contribution in [0.25, 0.3) is 0 Å². The maximum atomic E-state index is 5.90. The van der Waals surface area contributed by atoms with Crippen molar-refractivity contribution in [3.8, 4) is 0 Å². The van der Waals surface area contributed by atoms with Crippen molar-refractivity contribution in [3.05, 3.63) is 28.3 Å². The van der Waals surface area contributed by atoms with Crippen LogP contribution in [0, 0.1) is 13.8 Å². The minimum atomic E-state index is 0.885. The van der Waals surface area contributed by atoms with Gasteiger partial charge in [0.1, 0.15) is 0 Å². The van der Waals surface area contributed by atoms with Gasteiger partial charge < -0.3 is 0 Å². The summed E-state index contributed by atoms with van der Waals surface area (Å²) in [4.78, 5) is 0. The van der Waals surface area contributed by atoms with Crippen molar-refractivity contribution < 1.29 is 0 Å². The fraction of sp³-hybridized carbons (Fsp3) is 0.250. The second kappa shape index (κ2) is 3.14. The van der Waals surface area contributed by atoms with Crippen molar-refractivity contribution in [2.24, 2.45) is 0 Å². The molecule has 0 heterocycles. The zero-order chi connectivity index (χ0) is 7.72. The first-order valence-electron chi connectivity index (χ1n) is 3.13. The second-order valence-corrected chi connectivity index (χ2v) is 4.64. The van der Waals surface area contributed by atoms with E-state index in [0.29, 0.717) is 0 Å². The third kappa shape index (κ3) is 1.67. The summed E-state index contributed by atoms with van der Waals surface area (Å²) in [6, 6.07) is 4.21. The van der Waals surface area contributed by atoms with E-state index in [2.05, 4.69) is 13.0 Å². The molecule has 0 aliphatic rings. The Bertz CT molecular complexity index is 205. The Morgan fingerprint density at radius 3 is 2.30 bits per heavy atom. The molecule has 0 saturated carbocycles. The van der Waals surface area contributed by atoms with E-state index in [1.165, 1.54) is 37.2 Å². The molecular weight excluding hydrogens is 250 g/mol. The molecule has 0 spiro atoms. The summed E-state index contributed by atoms with van der Waals surface area (Å²) in [6.45, 7) is 4.15. The molecule has 0 saturated heterocycles. The van der Waals surface area contributed by atoms with Gasteiger partial charge in [-0.05, 0) is 0 Å². The van der Waals surface area contributed by atoms with Gasteiger partial charge in [0.2, 0.25) is 0 Å². The Balaban J connectivity index is 3.28. The van der Waals surface area contributed by atoms with Crippen LogP contribution in [-0.4, -0.2) is 22.5 Å². The van der Waals surface area contributed by atoms with Gasteiger partial charge in [-0.2, -0.15) is 0 Å². The number of benzene rings is 1. The maximum absolute atomic E-state index is 5.90. The molecule has 0 N–H and O–H groups in total. The molecule has 0 aliphatic heterocycles. The molecule has 1 aromatic carbocycles. The van der Waals surface area contributed by atoms with Gasteiger partial charge in [-0.1, -0.05) is 0 Å². The van der Waals surface area contributed by atoms with E-state index in [4.69, 9.17) is 11.6 Å². The van der Waals surface area contributed by atoms with Crippen LogP contribution >= 0.6 is 11.6 Å². The summed E-state index contributed by atoms with van der Waals surface area (Å²) >= 11 is 7.08. The molecule has 1 aromatic rings. The molecule has 0 unspecified atom stereocenters. The van der Waals surface area contributed by atoms with E-state index in [0.717, 1.165) is 5.02 Å². The Morgan fingerprint density at radius 2 is 1.80 bits per heavy atom. The normalized spacial score (nSPS) is 10.0. The van der Waals surface area contributed by atoms with E-state index in [1.807, 2.05) is 13.0 Å². The van der Waals surface area contributed by atoms with Crippen LogP contribution in [0.4, 0.5) is 0 Å². The predicted molar refractivity (Wildman–Crippen MR) is 47.7 cm³/mol. The van der Waals surface area contributed by atoms with Crippen LogP contribution in [0.3, 0.4) is 0 Å². The average Bonchev–Trinajstić information content (AvgIpc) is 1.84. The van der Waals surface area contributed by atoms with Crippen molar-refractivity contribution >= 4 is 37.7 Å². The SMILES string of the molecule is Cc1c[c]([SnH])c(C)cc1Cl. The molecular formula is C8H9ClSn. The van der Waals surface area contributed by atoms with E-state index in [9.17, 15) is 0 Å². The first-order valence-corrected chi connectivity index (χ1v) is 5.16. The summed E-state index contributed by atoms with van der Waals surface area (Å²) in [5.41, 5.74) is 2.51. The summed E-state index contributed by atoms with van der Waals surface area (Å²) in [6.07, 6.45) is 0. The quantitative estimate of drug-likeness (QED) is 0.619. The number of hydrogen-bond donors (Lipinski definition) is 0. The van der Waals surface area contributed by atoms with Crippen LogP contribution in [0.5, 0.6) is 0 Å². The van der Waals surface area contributed by atoms with Gasteiger partial charge in [0.05, 0.1) is 0 Å². The van der Waals surface area contributed by atoms with E-state index >= 15 is 0 Å². The van der Waals surface area contributed by atoms with Crippen molar-refractivity contribution in [1.29, 1.82) is 0 Å². The number of hydrogen-bond acceptors (Lipinski definition) is 0. The van der Waals surface area contributed by atoms with Gasteiger partial charge in [-0.3, -0.25) is 0 Å². The van der Waals surface area contributed by atoms with E-state index in [-0.39, 0.29) is 0 Å². The zero-order valence-electron chi connectivity index (χ0n) is 6.11. The van der Waals surface area contributed by atoms with Crippen molar-refractivity contribution in [1.82, 2.24) is 0 Å².